The van der Waals surface area contributed by atoms with E-state index in [4.69, 9.17) is 0 Å². The molecule has 0 unspecified atom stereocenters. The minimum atomic E-state index is -0.281. The lowest BCUT2D eigenvalue weighted by Gasteiger charge is -2.03. The summed E-state index contributed by atoms with van der Waals surface area (Å²) in [7, 11) is 0. The number of halogens is 1. The standard InChI is InChI=1S/C21H17FN4O2S2/c1-11-19(30-18(23-11)9-13-3-5-14(22)6-4-13)20(28)25-15-7-8-16-17(10-15)29-21(26-16)24-12(2)27/h3-8,10H,9H2,1-2H3,(H,25,28)(H,24,26,27). The minimum absolute atomic E-state index is 0.181. The molecule has 0 aliphatic heterocycles. The van der Waals surface area contributed by atoms with E-state index in [2.05, 4.69) is 20.6 Å². The van der Waals surface area contributed by atoms with Gasteiger partial charge in [-0.25, -0.2) is 14.4 Å². The molecule has 0 saturated carbocycles. The normalized spacial score (nSPS) is 10.9. The molecule has 2 aromatic carbocycles. The number of nitrogens with zero attached hydrogens (tertiary/aromatic N) is 2. The predicted molar refractivity (Wildman–Crippen MR) is 118 cm³/mol. The van der Waals surface area contributed by atoms with E-state index in [-0.39, 0.29) is 17.6 Å². The molecule has 30 heavy (non-hydrogen) atoms. The van der Waals surface area contributed by atoms with Crippen molar-refractivity contribution in [3.8, 4) is 0 Å². The van der Waals surface area contributed by atoms with Crippen molar-refractivity contribution in [1.82, 2.24) is 9.97 Å². The molecule has 0 aliphatic carbocycles. The van der Waals surface area contributed by atoms with E-state index < -0.39 is 0 Å². The van der Waals surface area contributed by atoms with Gasteiger partial charge in [-0.1, -0.05) is 23.5 Å². The Morgan fingerprint density at radius 3 is 2.53 bits per heavy atom. The summed E-state index contributed by atoms with van der Waals surface area (Å²) in [5.41, 5.74) is 2.97. The number of aryl methyl sites for hydroxylation is 1. The molecule has 4 aromatic rings. The molecule has 0 bridgehead atoms. The van der Waals surface area contributed by atoms with Gasteiger partial charge in [-0.2, -0.15) is 0 Å². The lowest BCUT2D eigenvalue weighted by molar-refractivity contribution is -0.114. The number of aromatic nitrogens is 2. The van der Waals surface area contributed by atoms with Crippen LogP contribution in [0, 0.1) is 12.7 Å². The number of carbonyl (C=O) groups is 2. The number of nitrogens with one attached hydrogen (secondary N) is 2. The third-order valence-electron chi connectivity index (χ3n) is 4.24. The number of amides is 2. The molecule has 2 N–H and O–H groups in total. The maximum Gasteiger partial charge on any atom is 0.267 e. The zero-order valence-corrected chi connectivity index (χ0v) is 17.8. The van der Waals surface area contributed by atoms with Crippen molar-refractivity contribution >= 4 is 55.5 Å². The molecule has 9 heteroatoms. The van der Waals surface area contributed by atoms with Gasteiger partial charge in [0, 0.05) is 19.0 Å². The number of hydrogen-bond donors (Lipinski definition) is 2. The van der Waals surface area contributed by atoms with Crippen LogP contribution in [0.2, 0.25) is 0 Å². The molecular weight excluding hydrogens is 423 g/mol. The Hall–Kier alpha value is -3.17. The molecule has 6 nitrogen and oxygen atoms in total. The Kier molecular flexibility index (Phi) is 5.56. The van der Waals surface area contributed by atoms with Crippen LogP contribution in [0.4, 0.5) is 15.2 Å². The molecule has 0 aliphatic rings. The van der Waals surface area contributed by atoms with Gasteiger partial charge in [0.25, 0.3) is 5.91 Å². The summed E-state index contributed by atoms with van der Waals surface area (Å²) < 4.78 is 13.9. The predicted octanol–water partition coefficient (Wildman–Crippen LogP) is 5.00. The summed E-state index contributed by atoms with van der Waals surface area (Å²) in [6.45, 7) is 3.23. The van der Waals surface area contributed by atoms with Crippen LogP contribution in [0.25, 0.3) is 10.2 Å². The maximum absolute atomic E-state index is 13.1. The first kappa shape index (κ1) is 20.1. The van der Waals surface area contributed by atoms with Gasteiger partial charge >= 0.3 is 0 Å². The summed E-state index contributed by atoms with van der Waals surface area (Å²) in [6, 6.07) is 11.6. The van der Waals surface area contributed by atoms with Crippen LogP contribution in [-0.4, -0.2) is 21.8 Å². The monoisotopic (exact) mass is 440 g/mol. The number of anilines is 2. The fraction of sp³-hybridized carbons (Fsp3) is 0.143. The summed E-state index contributed by atoms with van der Waals surface area (Å²) in [4.78, 5) is 33.3. The van der Waals surface area contributed by atoms with Gasteiger partial charge in [-0.15, -0.1) is 11.3 Å². The third-order valence-corrected chi connectivity index (χ3v) is 6.33. The molecule has 0 radical (unpaired) electrons. The highest BCUT2D eigenvalue weighted by Gasteiger charge is 2.16. The van der Waals surface area contributed by atoms with Gasteiger partial charge in [0.15, 0.2) is 5.13 Å². The van der Waals surface area contributed by atoms with E-state index in [0.717, 1.165) is 20.8 Å². The third kappa shape index (κ3) is 4.52. The van der Waals surface area contributed by atoms with Crippen LogP contribution in [0.1, 0.15) is 32.9 Å². The number of thiazole rings is 2. The van der Waals surface area contributed by atoms with E-state index in [1.54, 1.807) is 31.2 Å². The Morgan fingerprint density at radius 1 is 1.03 bits per heavy atom. The van der Waals surface area contributed by atoms with Crippen LogP contribution < -0.4 is 10.6 Å². The first-order valence-corrected chi connectivity index (χ1v) is 10.7. The Balaban J connectivity index is 1.50. The van der Waals surface area contributed by atoms with Gasteiger partial charge < -0.3 is 10.6 Å². The molecule has 0 saturated heterocycles. The average molecular weight is 441 g/mol. The van der Waals surface area contributed by atoms with Crippen molar-refractivity contribution in [3.05, 3.63) is 69.4 Å². The van der Waals surface area contributed by atoms with Crippen LogP contribution in [0.3, 0.4) is 0 Å². The molecular formula is C21H17FN4O2S2. The summed E-state index contributed by atoms with van der Waals surface area (Å²) >= 11 is 2.67. The molecule has 0 spiro atoms. The number of fused-ring (bicyclic) bond motifs is 1. The SMILES string of the molecule is CC(=O)Nc1nc2ccc(NC(=O)c3sc(Cc4ccc(F)cc4)nc3C)cc2s1. The van der Waals surface area contributed by atoms with Crippen molar-refractivity contribution in [2.45, 2.75) is 20.3 Å². The largest absolute Gasteiger partial charge is 0.321 e. The Labute approximate surface area is 179 Å². The van der Waals surface area contributed by atoms with E-state index in [1.807, 2.05) is 6.07 Å². The number of carbonyl (C=O) groups excluding carboxylic acids is 2. The van der Waals surface area contributed by atoms with Crippen LogP contribution in [0.15, 0.2) is 42.5 Å². The van der Waals surface area contributed by atoms with Crippen LogP contribution in [0.5, 0.6) is 0 Å². The first-order chi connectivity index (χ1) is 14.4. The molecule has 0 fully saturated rings. The smallest absolute Gasteiger partial charge is 0.267 e. The van der Waals surface area contributed by atoms with Crippen molar-refractivity contribution in [2.75, 3.05) is 10.6 Å². The molecule has 4 rings (SSSR count). The lowest BCUT2D eigenvalue weighted by Crippen LogP contribution is -2.11. The Morgan fingerprint density at radius 2 is 1.80 bits per heavy atom. The Bertz CT molecular complexity index is 1250. The van der Waals surface area contributed by atoms with Crippen molar-refractivity contribution in [2.24, 2.45) is 0 Å². The van der Waals surface area contributed by atoms with Crippen LogP contribution in [-0.2, 0) is 11.2 Å². The second kappa shape index (κ2) is 8.29. The van der Waals surface area contributed by atoms with Crippen molar-refractivity contribution in [3.63, 3.8) is 0 Å². The topological polar surface area (TPSA) is 84.0 Å². The minimum Gasteiger partial charge on any atom is -0.321 e. The highest BCUT2D eigenvalue weighted by molar-refractivity contribution is 7.22. The van der Waals surface area contributed by atoms with E-state index in [0.29, 0.717) is 27.8 Å². The second-order valence-corrected chi connectivity index (χ2v) is 8.78. The fourth-order valence-electron chi connectivity index (χ4n) is 2.91. The number of hydrogen-bond acceptors (Lipinski definition) is 6. The van der Waals surface area contributed by atoms with E-state index in [1.165, 1.54) is 41.7 Å². The molecule has 0 atom stereocenters. The molecule has 152 valence electrons. The van der Waals surface area contributed by atoms with Crippen molar-refractivity contribution in [1.29, 1.82) is 0 Å². The maximum atomic E-state index is 13.1. The summed E-state index contributed by atoms with van der Waals surface area (Å²) in [5, 5.41) is 6.88. The highest BCUT2D eigenvalue weighted by atomic mass is 32.1. The van der Waals surface area contributed by atoms with Gasteiger partial charge in [-0.05, 0) is 42.8 Å². The second-order valence-electron chi connectivity index (χ2n) is 6.66. The zero-order valence-electron chi connectivity index (χ0n) is 16.2. The van der Waals surface area contributed by atoms with E-state index >= 15 is 0 Å². The summed E-state index contributed by atoms with van der Waals surface area (Å²) in [5.74, 6) is -0.697. The van der Waals surface area contributed by atoms with Gasteiger partial charge in [0.2, 0.25) is 5.91 Å². The van der Waals surface area contributed by atoms with Gasteiger partial charge in [-0.3, -0.25) is 9.59 Å². The molecule has 2 amide bonds. The average Bonchev–Trinajstić information content (AvgIpc) is 3.25. The van der Waals surface area contributed by atoms with Gasteiger partial charge in [0.1, 0.15) is 10.7 Å². The van der Waals surface area contributed by atoms with Crippen LogP contribution >= 0.6 is 22.7 Å². The molecule has 2 heterocycles. The molecule has 2 aromatic heterocycles. The fourth-order valence-corrected chi connectivity index (χ4v) is 4.86. The quantitative estimate of drug-likeness (QED) is 0.457. The number of benzene rings is 2. The highest BCUT2D eigenvalue weighted by Crippen LogP contribution is 2.29. The first-order valence-electron chi connectivity index (χ1n) is 9.07. The number of rotatable bonds is 5. The van der Waals surface area contributed by atoms with Crippen molar-refractivity contribution < 1.29 is 14.0 Å². The zero-order chi connectivity index (χ0) is 21.3. The lowest BCUT2D eigenvalue weighted by atomic mass is 10.1. The van der Waals surface area contributed by atoms with E-state index in [9.17, 15) is 14.0 Å². The van der Waals surface area contributed by atoms with Gasteiger partial charge in [0.05, 0.1) is 20.9 Å². The summed E-state index contributed by atoms with van der Waals surface area (Å²) in [6.07, 6.45) is 0.540.